The van der Waals surface area contributed by atoms with Crippen molar-refractivity contribution in [3.05, 3.63) is 29.8 Å². The lowest BCUT2D eigenvalue weighted by Gasteiger charge is -2.26. The molecule has 106 valence electrons. The van der Waals surface area contributed by atoms with Gasteiger partial charge in [-0.25, -0.2) is 0 Å². The minimum Gasteiger partial charge on any atom is -0.491 e. The number of nitrogens with one attached hydrogen (secondary N) is 1. The monoisotopic (exact) mass is 286 g/mol. The largest absolute Gasteiger partial charge is 0.491 e. The number of rotatable bonds is 4. The fourth-order valence-corrected chi connectivity index (χ4v) is 1.98. The van der Waals surface area contributed by atoms with E-state index in [9.17, 15) is 4.79 Å². The number of halogens is 1. The summed E-state index contributed by atoms with van der Waals surface area (Å²) >= 11 is 0. The van der Waals surface area contributed by atoms with Gasteiger partial charge in [0.2, 0.25) is 5.91 Å². The van der Waals surface area contributed by atoms with Gasteiger partial charge in [-0.05, 0) is 18.1 Å². The van der Waals surface area contributed by atoms with Crippen molar-refractivity contribution in [2.45, 2.75) is 18.5 Å². The summed E-state index contributed by atoms with van der Waals surface area (Å²) in [6, 6.07) is 7.17. The first kappa shape index (κ1) is 15.8. The van der Waals surface area contributed by atoms with Crippen molar-refractivity contribution in [3.8, 4) is 5.75 Å². The molecule has 0 aliphatic carbocycles. The van der Waals surface area contributed by atoms with Crippen molar-refractivity contribution in [2.24, 2.45) is 5.73 Å². The molecule has 3 N–H and O–H groups in total. The van der Waals surface area contributed by atoms with Gasteiger partial charge in [-0.2, -0.15) is 0 Å². The first-order valence-corrected chi connectivity index (χ1v) is 5.96. The van der Waals surface area contributed by atoms with Crippen molar-refractivity contribution < 1.29 is 14.3 Å². The van der Waals surface area contributed by atoms with Gasteiger partial charge in [-0.15, -0.1) is 12.4 Å². The minimum atomic E-state index is -0.632. The Morgan fingerprint density at radius 2 is 2.32 bits per heavy atom. The van der Waals surface area contributed by atoms with Gasteiger partial charge in [0.1, 0.15) is 18.4 Å². The lowest BCUT2D eigenvalue weighted by atomic mass is 10.0. The predicted octanol–water partition coefficient (Wildman–Crippen LogP) is 0.502. The fourth-order valence-electron chi connectivity index (χ4n) is 1.98. The second kappa shape index (κ2) is 7.33. The molecule has 1 amide bonds. The van der Waals surface area contributed by atoms with Gasteiger partial charge >= 0.3 is 0 Å². The van der Waals surface area contributed by atoms with Crippen molar-refractivity contribution in [1.29, 1.82) is 0 Å². The van der Waals surface area contributed by atoms with Crippen LogP contribution >= 0.6 is 12.4 Å². The SMILES string of the molecule is COCC(N)C(=O)NC1COc2ccccc2C1.Cl. The summed E-state index contributed by atoms with van der Waals surface area (Å²) in [6.07, 6.45) is 0.765. The van der Waals surface area contributed by atoms with Gasteiger partial charge in [0, 0.05) is 7.11 Å². The maximum atomic E-state index is 11.7. The van der Waals surface area contributed by atoms with E-state index in [1.54, 1.807) is 0 Å². The van der Waals surface area contributed by atoms with Crippen LogP contribution in [-0.2, 0) is 16.0 Å². The zero-order valence-electron chi connectivity index (χ0n) is 10.8. The van der Waals surface area contributed by atoms with E-state index in [-0.39, 0.29) is 31.0 Å². The van der Waals surface area contributed by atoms with E-state index in [1.807, 2.05) is 24.3 Å². The molecule has 5 nitrogen and oxygen atoms in total. The third-order valence-electron chi connectivity index (χ3n) is 2.91. The van der Waals surface area contributed by atoms with E-state index in [0.29, 0.717) is 6.61 Å². The van der Waals surface area contributed by atoms with Crippen molar-refractivity contribution in [3.63, 3.8) is 0 Å². The number of methoxy groups -OCH3 is 1. The average molecular weight is 287 g/mol. The summed E-state index contributed by atoms with van der Waals surface area (Å²) in [5.74, 6) is 0.689. The lowest BCUT2D eigenvalue weighted by Crippen LogP contribution is -2.50. The van der Waals surface area contributed by atoms with Crippen LogP contribution in [-0.4, -0.2) is 38.3 Å². The predicted molar refractivity (Wildman–Crippen MR) is 74.7 cm³/mol. The Labute approximate surface area is 118 Å². The summed E-state index contributed by atoms with van der Waals surface area (Å²) in [7, 11) is 1.52. The second-order valence-electron chi connectivity index (χ2n) is 4.39. The van der Waals surface area contributed by atoms with Crippen LogP contribution in [0, 0.1) is 0 Å². The maximum absolute atomic E-state index is 11.7. The van der Waals surface area contributed by atoms with Gasteiger partial charge in [0.05, 0.1) is 12.6 Å². The number of para-hydroxylation sites is 1. The molecular weight excluding hydrogens is 268 g/mol. The van der Waals surface area contributed by atoms with Gasteiger partial charge < -0.3 is 20.5 Å². The number of carbonyl (C=O) groups excluding carboxylic acids is 1. The Balaban J connectivity index is 0.00000180. The van der Waals surface area contributed by atoms with Gasteiger partial charge in [-0.3, -0.25) is 4.79 Å². The molecule has 1 aromatic carbocycles. The molecule has 0 spiro atoms. The summed E-state index contributed by atoms with van der Waals surface area (Å²) in [6.45, 7) is 0.693. The second-order valence-corrected chi connectivity index (χ2v) is 4.39. The Hall–Kier alpha value is -1.30. The number of carbonyl (C=O) groups is 1. The molecule has 1 aliphatic heterocycles. The lowest BCUT2D eigenvalue weighted by molar-refractivity contribution is -0.124. The van der Waals surface area contributed by atoms with Crippen LogP contribution in [0.25, 0.3) is 0 Å². The minimum absolute atomic E-state index is 0. The molecule has 1 heterocycles. The normalized spacial score (nSPS) is 18.5. The molecule has 0 saturated carbocycles. The standard InChI is InChI=1S/C13H18N2O3.ClH/c1-17-8-11(14)13(16)15-10-6-9-4-2-3-5-12(9)18-7-10;/h2-5,10-11H,6-8,14H2,1H3,(H,15,16);1H. The van der Waals surface area contributed by atoms with Crippen LogP contribution in [0.3, 0.4) is 0 Å². The van der Waals surface area contributed by atoms with E-state index < -0.39 is 6.04 Å². The third-order valence-corrected chi connectivity index (χ3v) is 2.91. The van der Waals surface area contributed by atoms with Gasteiger partial charge in [0.15, 0.2) is 0 Å². The molecular formula is C13H19ClN2O3. The highest BCUT2D eigenvalue weighted by Gasteiger charge is 2.23. The molecule has 1 aromatic rings. The zero-order valence-corrected chi connectivity index (χ0v) is 11.6. The summed E-state index contributed by atoms with van der Waals surface area (Å²) in [5.41, 5.74) is 6.77. The molecule has 6 heteroatoms. The van der Waals surface area contributed by atoms with E-state index in [4.69, 9.17) is 15.2 Å². The van der Waals surface area contributed by atoms with E-state index >= 15 is 0 Å². The summed E-state index contributed by atoms with van der Waals surface area (Å²) in [5, 5.41) is 2.88. The fraction of sp³-hybridized carbons (Fsp3) is 0.462. The van der Waals surface area contributed by atoms with E-state index in [0.717, 1.165) is 17.7 Å². The van der Waals surface area contributed by atoms with Crippen molar-refractivity contribution >= 4 is 18.3 Å². The number of fused-ring (bicyclic) bond motifs is 1. The number of hydrogen-bond acceptors (Lipinski definition) is 4. The summed E-state index contributed by atoms with van der Waals surface area (Å²) in [4.78, 5) is 11.7. The first-order chi connectivity index (χ1) is 8.70. The highest BCUT2D eigenvalue weighted by Crippen LogP contribution is 2.23. The van der Waals surface area contributed by atoms with Crippen molar-refractivity contribution in [1.82, 2.24) is 5.32 Å². The van der Waals surface area contributed by atoms with E-state index in [1.165, 1.54) is 7.11 Å². The van der Waals surface area contributed by atoms with Crippen molar-refractivity contribution in [2.75, 3.05) is 20.3 Å². The zero-order chi connectivity index (χ0) is 13.0. The molecule has 0 fully saturated rings. The Bertz CT molecular complexity index is 428. The van der Waals surface area contributed by atoms with Crippen LogP contribution in [0.1, 0.15) is 5.56 Å². The third kappa shape index (κ3) is 4.09. The topological polar surface area (TPSA) is 73.6 Å². The molecule has 0 bridgehead atoms. The van der Waals surface area contributed by atoms with Crippen LogP contribution in [0.4, 0.5) is 0 Å². The summed E-state index contributed by atoms with van der Waals surface area (Å²) < 4.78 is 10.4. The van der Waals surface area contributed by atoms with Gasteiger partial charge in [-0.1, -0.05) is 18.2 Å². The molecule has 0 aromatic heterocycles. The number of ether oxygens (including phenoxy) is 2. The first-order valence-electron chi connectivity index (χ1n) is 5.96. The highest BCUT2D eigenvalue weighted by molar-refractivity contribution is 5.85. The van der Waals surface area contributed by atoms with Crippen LogP contribution in [0.5, 0.6) is 5.75 Å². The van der Waals surface area contributed by atoms with Crippen LogP contribution in [0.2, 0.25) is 0 Å². The Kier molecular flexibility index (Phi) is 6.08. The maximum Gasteiger partial charge on any atom is 0.239 e. The number of hydrogen-bond donors (Lipinski definition) is 2. The number of benzene rings is 1. The molecule has 2 atom stereocenters. The smallest absolute Gasteiger partial charge is 0.239 e. The average Bonchev–Trinajstić information content (AvgIpc) is 2.39. The van der Waals surface area contributed by atoms with Crippen LogP contribution in [0.15, 0.2) is 24.3 Å². The Morgan fingerprint density at radius 3 is 3.05 bits per heavy atom. The molecule has 0 radical (unpaired) electrons. The van der Waals surface area contributed by atoms with Gasteiger partial charge in [0.25, 0.3) is 0 Å². The number of nitrogens with two attached hydrogens (primary N) is 1. The van der Waals surface area contributed by atoms with E-state index in [2.05, 4.69) is 5.32 Å². The molecule has 2 rings (SSSR count). The molecule has 19 heavy (non-hydrogen) atoms. The quantitative estimate of drug-likeness (QED) is 0.845. The molecule has 0 saturated heterocycles. The van der Waals surface area contributed by atoms with Crippen LogP contribution < -0.4 is 15.8 Å². The number of amides is 1. The molecule has 1 aliphatic rings. The highest BCUT2D eigenvalue weighted by atomic mass is 35.5. The Morgan fingerprint density at radius 1 is 1.58 bits per heavy atom. The molecule has 2 unspecified atom stereocenters.